The molecule has 0 spiro atoms. The van der Waals surface area contributed by atoms with Crippen molar-refractivity contribution in [1.82, 2.24) is 9.97 Å². The van der Waals surface area contributed by atoms with Crippen molar-refractivity contribution in [2.75, 3.05) is 11.9 Å². The van der Waals surface area contributed by atoms with E-state index in [-0.39, 0.29) is 22.6 Å². The maximum absolute atomic E-state index is 13.0. The van der Waals surface area contributed by atoms with Crippen LogP contribution in [0.4, 0.5) is 15.9 Å². The standard InChI is InChI=1S/C13H12ClFN4O2/c1-8-6-10(15)3-2-9(8)4-5-16-12-11(19(20)21)7-17-13(14)18-12/h2-3,6-7H,4-5H2,1H3,(H,16,17,18). The van der Waals surface area contributed by atoms with Crippen molar-refractivity contribution in [3.63, 3.8) is 0 Å². The van der Waals surface area contributed by atoms with Gasteiger partial charge in [0.15, 0.2) is 0 Å². The summed E-state index contributed by atoms with van der Waals surface area (Å²) >= 11 is 5.63. The van der Waals surface area contributed by atoms with Crippen LogP contribution in [0.3, 0.4) is 0 Å². The number of nitro groups is 1. The van der Waals surface area contributed by atoms with E-state index in [1.54, 1.807) is 6.07 Å². The number of aryl methyl sites for hydroxylation is 1. The summed E-state index contributed by atoms with van der Waals surface area (Å²) in [5.74, 6) is -0.220. The van der Waals surface area contributed by atoms with Gasteiger partial charge in [-0.1, -0.05) is 6.07 Å². The van der Waals surface area contributed by atoms with Crippen LogP contribution >= 0.6 is 11.6 Å². The molecule has 0 saturated heterocycles. The van der Waals surface area contributed by atoms with Crippen molar-refractivity contribution in [1.29, 1.82) is 0 Å². The number of aromatic nitrogens is 2. The molecule has 0 unspecified atom stereocenters. The first-order valence-corrected chi connectivity index (χ1v) is 6.51. The zero-order valence-electron chi connectivity index (χ0n) is 11.1. The van der Waals surface area contributed by atoms with Gasteiger partial charge in [-0.25, -0.2) is 9.37 Å². The number of hydrogen-bond acceptors (Lipinski definition) is 5. The molecule has 0 aliphatic carbocycles. The number of hydrogen-bond donors (Lipinski definition) is 1. The largest absolute Gasteiger partial charge is 0.364 e. The zero-order chi connectivity index (χ0) is 15.4. The van der Waals surface area contributed by atoms with Crippen LogP contribution in [0.15, 0.2) is 24.4 Å². The van der Waals surface area contributed by atoms with Crippen molar-refractivity contribution in [3.05, 3.63) is 56.7 Å². The first-order valence-electron chi connectivity index (χ1n) is 6.13. The molecule has 0 radical (unpaired) electrons. The van der Waals surface area contributed by atoms with Gasteiger partial charge in [0.1, 0.15) is 12.0 Å². The van der Waals surface area contributed by atoms with E-state index in [0.717, 1.165) is 17.3 Å². The second-order valence-corrected chi connectivity index (χ2v) is 4.72. The minimum atomic E-state index is -0.582. The predicted molar refractivity (Wildman–Crippen MR) is 77.0 cm³/mol. The Morgan fingerprint density at radius 2 is 2.24 bits per heavy atom. The van der Waals surface area contributed by atoms with Crippen LogP contribution in [0.5, 0.6) is 0 Å². The lowest BCUT2D eigenvalue weighted by atomic mass is 10.1. The molecule has 1 heterocycles. The molecule has 1 N–H and O–H groups in total. The van der Waals surface area contributed by atoms with Crippen LogP contribution in [0, 0.1) is 22.9 Å². The molecule has 2 aromatic rings. The highest BCUT2D eigenvalue weighted by atomic mass is 35.5. The number of nitrogens with one attached hydrogen (secondary N) is 1. The summed E-state index contributed by atoms with van der Waals surface area (Å²) in [6.45, 7) is 2.21. The van der Waals surface area contributed by atoms with Gasteiger partial charge in [0.2, 0.25) is 11.1 Å². The maximum Gasteiger partial charge on any atom is 0.329 e. The molecule has 0 amide bonds. The van der Waals surface area contributed by atoms with E-state index < -0.39 is 4.92 Å². The first kappa shape index (κ1) is 15.1. The molecule has 0 aliphatic rings. The summed E-state index contributed by atoms with van der Waals surface area (Å²) in [7, 11) is 0. The quantitative estimate of drug-likeness (QED) is 0.521. The normalized spacial score (nSPS) is 10.4. The highest BCUT2D eigenvalue weighted by Gasteiger charge is 2.16. The van der Waals surface area contributed by atoms with Crippen LogP contribution in [0.2, 0.25) is 5.28 Å². The second-order valence-electron chi connectivity index (χ2n) is 4.38. The van der Waals surface area contributed by atoms with Crippen LogP contribution < -0.4 is 5.32 Å². The minimum Gasteiger partial charge on any atom is -0.364 e. The third-order valence-corrected chi connectivity index (χ3v) is 3.11. The highest BCUT2D eigenvalue weighted by Crippen LogP contribution is 2.22. The molecule has 1 aromatic heterocycles. The van der Waals surface area contributed by atoms with Crippen LogP contribution in [0.25, 0.3) is 0 Å². The number of nitrogens with zero attached hydrogens (tertiary/aromatic N) is 3. The Hall–Kier alpha value is -2.28. The van der Waals surface area contributed by atoms with E-state index in [1.807, 2.05) is 6.92 Å². The van der Waals surface area contributed by atoms with Crippen molar-refractivity contribution in [2.45, 2.75) is 13.3 Å². The lowest BCUT2D eigenvalue weighted by Crippen LogP contribution is -2.10. The summed E-state index contributed by atoms with van der Waals surface area (Å²) in [4.78, 5) is 17.7. The minimum absolute atomic E-state index is 0.0685. The highest BCUT2D eigenvalue weighted by molar-refractivity contribution is 6.28. The molecule has 21 heavy (non-hydrogen) atoms. The lowest BCUT2D eigenvalue weighted by Gasteiger charge is -2.08. The van der Waals surface area contributed by atoms with Gasteiger partial charge in [-0.3, -0.25) is 10.1 Å². The Kier molecular flexibility index (Phi) is 4.64. The van der Waals surface area contributed by atoms with Gasteiger partial charge in [-0.2, -0.15) is 4.98 Å². The Bertz CT molecular complexity index is 681. The van der Waals surface area contributed by atoms with E-state index in [9.17, 15) is 14.5 Å². The summed E-state index contributed by atoms with van der Waals surface area (Å²) < 4.78 is 13.0. The maximum atomic E-state index is 13.0. The zero-order valence-corrected chi connectivity index (χ0v) is 11.9. The van der Waals surface area contributed by atoms with Gasteiger partial charge in [0.25, 0.3) is 0 Å². The van der Waals surface area contributed by atoms with Crippen LogP contribution in [-0.4, -0.2) is 21.4 Å². The van der Waals surface area contributed by atoms with Gasteiger partial charge < -0.3 is 5.32 Å². The summed E-state index contributed by atoms with van der Waals surface area (Å²) in [6, 6.07) is 4.51. The molecule has 0 aliphatic heterocycles. The molecule has 0 saturated carbocycles. The van der Waals surface area contributed by atoms with Gasteiger partial charge in [0.05, 0.1) is 4.92 Å². The Morgan fingerprint density at radius 3 is 2.90 bits per heavy atom. The van der Waals surface area contributed by atoms with Crippen molar-refractivity contribution >= 4 is 23.1 Å². The summed E-state index contributed by atoms with van der Waals surface area (Å²) in [5, 5.41) is 13.6. The molecule has 2 rings (SSSR count). The number of anilines is 1. The third-order valence-electron chi connectivity index (χ3n) is 2.93. The van der Waals surface area contributed by atoms with Crippen molar-refractivity contribution in [2.24, 2.45) is 0 Å². The monoisotopic (exact) mass is 310 g/mol. The summed E-state index contributed by atoms with van der Waals surface area (Å²) in [6.07, 6.45) is 1.63. The second kappa shape index (κ2) is 6.45. The fourth-order valence-corrected chi connectivity index (χ4v) is 2.01. The third kappa shape index (κ3) is 3.85. The van der Waals surface area contributed by atoms with E-state index >= 15 is 0 Å². The Labute approximate surface area is 125 Å². The van der Waals surface area contributed by atoms with Gasteiger partial charge >= 0.3 is 5.69 Å². The van der Waals surface area contributed by atoms with Gasteiger partial charge in [0, 0.05) is 6.54 Å². The number of rotatable bonds is 5. The van der Waals surface area contributed by atoms with Crippen molar-refractivity contribution in [3.8, 4) is 0 Å². The molecule has 0 fully saturated rings. The Morgan fingerprint density at radius 1 is 1.48 bits per heavy atom. The number of benzene rings is 1. The molecule has 110 valence electrons. The van der Waals surface area contributed by atoms with Crippen LogP contribution in [-0.2, 0) is 6.42 Å². The molecule has 0 bridgehead atoms. The van der Waals surface area contributed by atoms with Crippen molar-refractivity contribution < 1.29 is 9.31 Å². The first-order chi connectivity index (χ1) is 9.97. The lowest BCUT2D eigenvalue weighted by molar-refractivity contribution is -0.384. The smallest absolute Gasteiger partial charge is 0.329 e. The molecule has 1 aromatic carbocycles. The van der Waals surface area contributed by atoms with E-state index in [1.165, 1.54) is 12.1 Å². The van der Waals surface area contributed by atoms with E-state index in [0.29, 0.717) is 13.0 Å². The molecular weight excluding hydrogens is 299 g/mol. The summed E-state index contributed by atoms with van der Waals surface area (Å²) in [5.41, 5.74) is 1.54. The average Bonchev–Trinajstić information content (AvgIpc) is 2.41. The molecular formula is C13H12ClFN4O2. The SMILES string of the molecule is Cc1cc(F)ccc1CCNc1nc(Cl)ncc1[N+](=O)[O-]. The fourth-order valence-electron chi connectivity index (χ4n) is 1.87. The van der Waals surface area contributed by atoms with Gasteiger partial charge in [-0.05, 0) is 48.2 Å². The molecule has 6 nitrogen and oxygen atoms in total. The van der Waals surface area contributed by atoms with Gasteiger partial charge in [-0.15, -0.1) is 0 Å². The topological polar surface area (TPSA) is 81.0 Å². The van der Waals surface area contributed by atoms with E-state index in [2.05, 4.69) is 15.3 Å². The number of halogens is 2. The fraction of sp³-hybridized carbons (Fsp3) is 0.231. The predicted octanol–water partition coefficient (Wildman–Crippen LogP) is 3.14. The molecule has 8 heteroatoms. The molecule has 0 atom stereocenters. The van der Waals surface area contributed by atoms with Crippen LogP contribution in [0.1, 0.15) is 11.1 Å². The van der Waals surface area contributed by atoms with E-state index in [4.69, 9.17) is 11.6 Å². The average molecular weight is 311 g/mol. The Balaban J connectivity index is 2.06.